The second-order valence-electron chi connectivity index (χ2n) is 5.30. The van der Waals surface area contributed by atoms with Crippen molar-refractivity contribution in [3.05, 3.63) is 18.1 Å². The van der Waals surface area contributed by atoms with Gasteiger partial charge in [-0.1, -0.05) is 13.8 Å². The highest BCUT2D eigenvalue weighted by atomic mass is 15.0. The lowest BCUT2D eigenvalue weighted by Crippen LogP contribution is -2.30. The van der Waals surface area contributed by atoms with Crippen LogP contribution < -0.4 is 5.32 Å². The zero-order valence-corrected chi connectivity index (χ0v) is 10.4. The lowest BCUT2D eigenvalue weighted by molar-refractivity contribution is 0.280. The molecule has 2 unspecified atom stereocenters. The van der Waals surface area contributed by atoms with Crippen LogP contribution >= 0.6 is 0 Å². The summed E-state index contributed by atoms with van der Waals surface area (Å²) in [5.41, 5.74) is 1.02. The summed E-state index contributed by atoms with van der Waals surface area (Å²) in [6.07, 6.45) is 5.51. The summed E-state index contributed by atoms with van der Waals surface area (Å²) in [5, 5.41) is 3.53. The quantitative estimate of drug-likeness (QED) is 0.830. The first-order chi connectivity index (χ1) is 7.63. The molecule has 1 aliphatic carbocycles. The largest absolute Gasteiger partial charge is 0.367 e. The zero-order chi connectivity index (χ0) is 11.5. The molecule has 1 aliphatic rings. The molecule has 1 saturated carbocycles. The predicted molar refractivity (Wildman–Crippen MR) is 66.4 cm³/mol. The average Bonchev–Trinajstić information content (AvgIpc) is 2.15. The van der Waals surface area contributed by atoms with Gasteiger partial charge in [-0.25, -0.2) is 9.97 Å². The van der Waals surface area contributed by atoms with Gasteiger partial charge in [0.25, 0.3) is 0 Å². The van der Waals surface area contributed by atoms with Crippen molar-refractivity contribution < 1.29 is 0 Å². The molecule has 3 nitrogen and oxygen atoms in total. The Hall–Kier alpha value is -1.12. The molecule has 0 aliphatic heterocycles. The van der Waals surface area contributed by atoms with Crippen LogP contribution in [0.3, 0.4) is 0 Å². The fourth-order valence-electron chi connectivity index (χ4n) is 2.81. The van der Waals surface area contributed by atoms with Crippen LogP contribution in [0, 0.1) is 18.8 Å². The third-order valence-corrected chi connectivity index (χ3v) is 3.33. The molecule has 16 heavy (non-hydrogen) atoms. The molecule has 0 aromatic carbocycles. The van der Waals surface area contributed by atoms with Gasteiger partial charge in [0.15, 0.2) is 0 Å². The van der Waals surface area contributed by atoms with Crippen LogP contribution in [0.25, 0.3) is 0 Å². The lowest BCUT2D eigenvalue weighted by atomic mass is 9.80. The number of aromatic nitrogens is 2. The van der Waals surface area contributed by atoms with Crippen molar-refractivity contribution in [3.63, 3.8) is 0 Å². The fraction of sp³-hybridized carbons (Fsp3) is 0.692. The van der Waals surface area contributed by atoms with E-state index in [1.54, 1.807) is 6.33 Å². The van der Waals surface area contributed by atoms with Gasteiger partial charge in [0.1, 0.15) is 12.1 Å². The van der Waals surface area contributed by atoms with Crippen LogP contribution in [0.4, 0.5) is 5.82 Å². The molecular weight excluding hydrogens is 198 g/mol. The van der Waals surface area contributed by atoms with Gasteiger partial charge in [0.2, 0.25) is 0 Å². The maximum absolute atomic E-state index is 4.26. The molecule has 2 atom stereocenters. The molecule has 1 N–H and O–H groups in total. The third kappa shape index (κ3) is 2.94. The van der Waals surface area contributed by atoms with E-state index in [1.807, 2.05) is 13.0 Å². The van der Waals surface area contributed by atoms with E-state index < -0.39 is 0 Å². The summed E-state index contributed by atoms with van der Waals surface area (Å²) in [7, 11) is 0. The summed E-state index contributed by atoms with van der Waals surface area (Å²) in [5.74, 6) is 2.62. The monoisotopic (exact) mass is 219 g/mol. The first kappa shape index (κ1) is 11.4. The normalized spacial score (nSPS) is 30.1. The minimum absolute atomic E-state index is 0.577. The Morgan fingerprint density at radius 3 is 2.44 bits per heavy atom. The van der Waals surface area contributed by atoms with Crippen molar-refractivity contribution >= 4 is 5.82 Å². The maximum Gasteiger partial charge on any atom is 0.129 e. The van der Waals surface area contributed by atoms with E-state index in [4.69, 9.17) is 0 Å². The zero-order valence-electron chi connectivity index (χ0n) is 10.4. The fourth-order valence-corrected chi connectivity index (χ4v) is 2.81. The van der Waals surface area contributed by atoms with Gasteiger partial charge in [-0.05, 0) is 38.0 Å². The van der Waals surface area contributed by atoms with Gasteiger partial charge < -0.3 is 5.32 Å². The number of anilines is 1. The Morgan fingerprint density at radius 2 is 1.81 bits per heavy atom. The molecule has 0 amide bonds. The molecule has 0 saturated heterocycles. The predicted octanol–water partition coefficient (Wildman–Crippen LogP) is 3.02. The van der Waals surface area contributed by atoms with E-state index in [1.165, 1.54) is 19.3 Å². The summed E-state index contributed by atoms with van der Waals surface area (Å²) in [6, 6.07) is 2.59. The molecule has 1 aromatic heterocycles. The summed E-state index contributed by atoms with van der Waals surface area (Å²) in [4.78, 5) is 8.37. The number of nitrogens with zero attached hydrogens (tertiary/aromatic N) is 2. The molecule has 0 bridgehead atoms. The van der Waals surface area contributed by atoms with Gasteiger partial charge in [-0.3, -0.25) is 0 Å². The molecule has 1 aromatic rings. The summed E-state index contributed by atoms with van der Waals surface area (Å²) in [6.45, 7) is 6.68. The highest BCUT2D eigenvalue weighted by Gasteiger charge is 2.23. The van der Waals surface area contributed by atoms with E-state index in [0.717, 1.165) is 23.3 Å². The standard InChI is InChI=1S/C13H21N3/c1-9-4-10(2)6-12(5-9)16-13-7-11(3)14-8-15-13/h7-10,12H,4-6H2,1-3H3,(H,14,15,16). The molecule has 0 radical (unpaired) electrons. The van der Waals surface area contributed by atoms with Gasteiger partial charge in [-0.2, -0.15) is 0 Å². The van der Waals surface area contributed by atoms with Gasteiger partial charge >= 0.3 is 0 Å². The van der Waals surface area contributed by atoms with Crippen LogP contribution in [-0.2, 0) is 0 Å². The van der Waals surface area contributed by atoms with E-state index in [2.05, 4.69) is 29.1 Å². The molecular formula is C13H21N3. The highest BCUT2D eigenvalue weighted by molar-refractivity contribution is 5.35. The second-order valence-corrected chi connectivity index (χ2v) is 5.30. The Balaban J connectivity index is 1.98. The van der Waals surface area contributed by atoms with Crippen LogP contribution in [0.5, 0.6) is 0 Å². The van der Waals surface area contributed by atoms with Gasteiger partial charge in [0.05, 0.1) is 0 Å². The molecule has 1 fully saturated rings. The van der Waals surface area contributed by atoms with Gasteiger partial charge in [-0.15, -0.1) is 0 Å². The van der Waals surface area contributed by atoms with E-state index >= 15 is 0 Å². The van der Waals surface area contributed by atoms with Crippen molar-refractivity contribution in [2.75, 3.05) is 5.32 Å². The number of rotatable bonds is 2. The Labute approximate surface area is 97.7 Å². The number of nitrogens with one attached hydrogen (secondary N) is 1. The number of aryl methyl sites for hydroxylation is 1. The summed E-state index contributed by atoms with van der Waals surface area (Å²) < 4.78 is 0. The topological polar surface area (TPSA) is 37.8 Å². The highest BCUT2D eigenvalue weighted by Crippen LogP contribution is 2.30. The summed E-state index contributed by atoms with van der Waals surface area (Å²) >= 11 is 0. The first-order valence-corrected chi connectivity index (χ1v) is 6.18. The van der Waals surface area contributed by atoms with Gasteiger partial charge in [0, 0.05) is 17.8 Å². The molecule has 3 heteroatoms. The maximum atomic E-state index is 4.26. The number of hydrogen-bond acceptors (Lipinski definition) is 3. The van der Waals surface area contributed by atoms with Crippen molar-refractivity contribution in [1.82, 2.24) is 9.97 Å². The Kier molecular flexibility index (Phi) is 3.42. The number of hydrogen-bond donors (Lipinski definition) is 1. The van der Waals surface area contributed by atoms with Crippen molar-refractivity contribution in [1.29, 1.82) is 0 Å². The molecule has 88 valence electrons. The Morgan fingerprint density at radius 1 is 1.12 bits per heavy atom. The second kappa shape index (κ2) is 4.81. The van der Waals surface area contributed by atoms with E-state index in [0.29, 0.717) is 6.04 Å². The Bertz CT molecular complexity index is 341. The minimum atomic E-state index is 0.577. The SMILES string of the molecule is Cc1cc(NC2CC(C)CC(C)C2)ncn1. The van der Waals surface area contributed by atoms with Crippen molar-refractivity contribution in [2.45, 2.75) is 46.1 Å². The lowest BCUT2D eigenvalue weighted by Gasteiger charge is -2.32. The van der Waals surface area contributed by atoms with Crippen LogP contribution in [0.15, 0.2) is 12.4 Å². The molecule has 2 rings (SSSR count). The first-order valence-electron chi connectivity index (χ1n) is 6.18. The molecule has 0 spiro atoms. The van der Waals surface area contributed by atoms with Crippen molar-refractivity contribution in [2.24, 2.45) is 11.8 Å². The van der Waals surface area contributed by atoms with Crippen molar-refractivity contribution in [3.8, 4) is 0 Å². The average molecular weight is 219 g/mol. The van der Waals surface area contributed by atoms with E-state index in [9.17, 15) is 0 Å². The minimum Gasteiger partial charge on any atom is -0.367 e. The van der Waals surface area contributed by atoms with Crippen LogP contribution in [0.1, 0.15) is 38.8 Å². The smallest absolute Gasteiger partial charge is 0.129 e. The third-order valence-electron chi connectivity index (χ3n) is 3.33. The van der Waals surface area contributed by atoms with E-state index in [-0.39, 0.29) is 0 Å². The van der Waals surface area contributed by atoms with Crippen LogP contribution in [0.2, 0.25) is 0 Å². The van der Waals surface area contributed by atoms with Crippen LogP contribution in [-0.4, -0.2) is 16.0 Å². The molecule has 1 heterocycles.